The van der Waals surface area contributed by atoms with Crippen LogP contribution in [0.15, 0.2) is 48.7 Å². The van der Waals surface area contributed by atoms with Crippen molar-refractivity contribution in [3.8, 4) is 22.8 Å². The summed E-state index contributed by atoms with van der Waals surface area (Å²) in [6, 6.07) is 13.4. The van der Waals surface area contributed by atoms with E-state index in [-0.39, 0.29) is 12.0 Å². The Bertz CT molecular complexity index is 1320. The van der Waals surface area contributed by atoms with Gasteiger partial charge in [0, 0.05) is 62.5 Å². The summed E-state index contributed by atoms with van der Waals surface area (Å²) in [4.78, 5) is 25.0. The summed E-state index contributed by atoms with van der Waals surface area (Å²) in [5.41, 5.74) is 10.3. The van der Waals surface area contributed by atoms with Gasteiger partial charge in [-0.3, -0.25) is 4.79 Å². The van der Waals surface area contributed by atoms with Crippen molar-refractivity contribution in [2.75, 3.05) is 62.5 Å². The summed E-state index contributed by atoms with van der Waals surface area (Å²) in [6.45, 7) is 5.64. The van der Waals surface area contributed by atoms with Gasteiger partial charge in [-0.1, -0.05) is 0 Å². The number of likely N-dealkylation sites (tertiary alicyclic amines) is 1. The number of hydrogen-bond acceptors (Lipinski definition) is 10. The number of hydrogen-bond donors (Lipinski definition) is 3. The van der Waals surface area contributed by atoms with Crippen molar-refractivity contribution in [1.29, 1.82) is 0 Å². The van der Waals surface area contributed by atoms with Gasteiger partial charge in [-0.05, 0) is 43.3 Å². The lowest BCUT2D eigenvalue weighted by molar-refractivity contribution is -0.141. The van der Waals surface area contributed by atoms with Gasteiger partial charge < -0.3 is 40.2 Å². The Hall–Kier alpha value is -4.09. The number of nitrogens with zero attached hydrogens (tertiary/aromatic N) is 4. The molecule has 0 aliphatic carbocycles. The Morgan fingerprint density at radius 2 is 1.88 bits per heavy atom. The standard InChI is InChI=1S/C29H36N6O5/c1-19(36)28(37)35-11-8-22(9-12-35)40-26-6-3-20(17-23(26)30)24-7-10-31-29(33-24)32-21-4-5-25(27(18-21)38-2)34-13-15-39-16-14-34/h3-7,10,17-19,22,36H,8-9,11-16,30H2,1-2H3,(H,31,32,33)/t19-/m0/s1. The monoisotopic (exact) mass is 548 g/mol. The Morgan fingerprint density at radius 3 is 2.58 bits per heavy atom. The van der Waals surface area contributed by atoms with Crippen LogP contribution in [0.1, 0.15) is 19.8 Å². The van der Waals surface area contributed by atoms with Crippen molar-refractivity contribution in [3.05, 3.63) is 48.7 Å². The molecule has 11 nitrogen and oxygen atoms in total. The highest BCUT2D eigenvalue weighted by atomic mass is 16.5. The SMILES string of the molecule is COc1cc(Nc2nccc(-c3ccc(OC4CCN(C(=O)[C@H](C)O)CC4)c(N)c3)n2)ccc1N1CCOCC1. The summed E-state index contributed by atoms with van der Waals surface area (Å²) in [5.74, 6) is 1.58. The summed E-state index contributed by atoms with van der Waals surface area (Å²) >= 11 is 0. The van der Waals surface area contributed by atoms with E-state index >= 15 is 0 Å². The average Bonchev–Trinajstić information content (AvgIpc) is 2.98. The number of carbonyl (C=O) groups is 1. The number of aromatic nitrogens is 2. The molecule has 4 N–H and O–H groups in total. The number of morpholine rings is 1. The third kappa shape index (κ3) is 6.37. The van der Waals surface area contributed by atoms with Crippen LogP contribution in [0.5, 0.6) is 11.5 Å². The van der Waals surface area contributed by atoms with Gasteiger partial charge in [-0.2, -0.15) is 0 Å². The number of nitrogen functional groups attached to an aromatic ring is 1. The molecular weight excluding hydrogens is 512 g/mol. The quantitative estimate of drug-likeness (QED) is 0.361. The van der Waals surface area contributed by atoms with Crippen LogP contribution in [-0.2, 0) is 9.53 Å². The number of amides is 1. The van der Waals surface area contributed by atoms with Gasteiger partial charge in [0.1, 0.15) is 23.7 Å². The number of methoxy groups -OCH3 is 1. The number of aliphatic hydroxyl groups is 1. The molecule has 1 aromatic heterocycles. The molecule has 1 atom stereocenters. The van der Waals surface area contributed by atoms with Crippen molar-refractivity contribution in [3.63, 3.8) is 0 Å². The van der Waals surface area contributed by atoms with Crippen molar-refractivity contribution in [2.45, 2.75) is 32.0 Å². The third-order valence-electron chi connectivity index (χ3n) is 7.15. The van der Waals surface area contributed by atoms with E-state index in [0.29, 0.717) is 56.5 Å². The Kier molecular flexibility index (Phi) is 8.51. The van der Waals surface area contributed by atoms with Gasteiger partial charge in [-0.25, -0.2) is 9.97 Å². The van der Waals surface area contributed by atoms with Gasteiger partial charge in [0.25, 0.3) is 5.91 Å². The molecule has 40 heavy (non-hydrogen) atoms. The minimum atomic E-state index is -0.984. The highest BCUT2D eigenvalue weighted by Crippen LogP contribution is 2.33. The first kappa shape index (κ1) is 27.5. The minimum Gasteiger partial charge on any atom is -0.495 e. The molecule has 0 saturated carbocycles. The molecule has 0 spiro atoms. The molecule has 2 aromatic carbocycles. The Balaban J connectivity index is 1.24. The zero-order chi connectivity index (χ0) is 28.1. The van der Waals surface area contributed by atoms with Crippen molar-refractivity contribution in [1.82, 2.24) is 14.9 Å². The lowest BCUT2D eigenvalue weighted by Gasteiger charge is -2.33. The fraction of sp³-hybridized carbons (Fsp3) is 0.414. The van der Waals surface area contributed by atoms with Gasteiger partial charge in [0.15, 0.2) is 0 Å². The number of carbonyl (C=O) groups excluding carboxylic acids is 1. The van der Waals surface area contributed by atoms with E-state index < -0.39 is 6.10 Å². The second-order valence-electron chi connectivity index (χ2n) is 9.95. The topological polar surface area (TPSA) is 135 Å². The number of ether oxygens (including phenoxy) is 3. The maximum atomic E-state index is 12.0. The fourth-order valence-electron chi connectivity index (χ4n) is 4.98. The van der Waals surface area contributed by atoms with E-state index in [1.54, 1.807) is 18.2 Å². The van der Waals surface area contributed by atoms with E-state index in [9.17, 15) is 9.90 Å². The molecule has 11 heteroatoms. The Morgan fingerprint density at radius 1 is 1.10 bits per heavy atom. The number of aliphatic hydroxyl groups excluding tert-OH is 1. The van der Waals surface area contributed by atoms with E-state index in [4.69, 9.17) is 19.9 Å². The Labute approximate surface area is 233 Å². The molecule has 2 aliphatic heterocycles. The summed E-state index contributed by atoms with van der Waals surface area (Å²) in [5, 5.41) is 12.8. The molecule has 212 valence electrons. The second-order valence-corrected chi connectivity index (χ2v) is 9.95. The molecule has 0 radical (unpaired) electrons. The highest BCUT2D eigenvalue weighted by Gasteiger charge is 2.26. The third-order valence-corrected chi connectivity index (χ3v) is 7.15. The molecule has 2 aliphatic rings. The van der Waals surface area contributed by atoms with Crippen molar-refractivity contribution in [2.24, 2.45) is 0 Å². The number of anilines is 4. The maximum Gasteiger partial charge on any atom is 0.251 e. The predicted molar refractivity (Wildman–Crippen MR) is 153 cm³/mol. The molecule has 0 bridgehead atoms. The summed E-state index contributed by atoms with van der Waals surface area (Å²) in [6.07, 6.45) is 2.03. The largest absolute Gasteiger partial charge is 0.495 e. The molecule has 1 amide bonds. The van der Waals surface area contributed by atoms with E-state index in [1.165, 1.54) is 6.92 Å². The number of nitrogens with one attached hydrogen (secondary N) is 1. The van der Waals surface area contributed by atoms with Crippen LogP contribution in [-0.4, -0.2) is 84.6 Å². The second kappa shape index (κ2) is 12.4. The highest BCUT2D eigenvalue weighted by molar-refractivity contribution is 5.80. The molecule has 3 aromatic rings. The van der Waals surface area contributed by atoms with Crippen LogP contribution in [0.2, 0.25) is 0 Å². The van der Waals surface area contributed by atoms with Gasteiger partial charge in [0.2, 0.25) is 5.95 Å². The average molecular weight is 549 g/mol. The van der Waals surface area contributed by atoms with Crippen molar-refractivity contribution < 1.29 is 24.1 Å². The minimum absolute atomic E-state index is 0.0484. The zero-order valence-corrected chi connectivity index (χ0v) is 22.9. The number of piperidine rings is 1. The predicted octanol–water partition coefficient (Wildman–Crippen LogP) is 3.07. The van der Waals surface area contributed by atoms with Gasteiger partial charge >= 0.3 is 0 Å². The number of rotatable bonds is 8. The summed E-state index contributed by atoms with van der Waals surface area (Å²) in [7, 11) is 1.67. The smallest absolute Gasteiger partial charge is 0.251 e. The first-order valence-electron chi connectivity index (χ1n) is 13.6. The first-order chi connectivity index (χ1) is 19.4. The normalized spacial score (nSPS) is 16.9. The van der Waals surface area contributed by atoms with Crippen LogP contribution < -0.4 is 25.4 Å². The lowest BCUT2D eigenvalue weighted by Crippen LogP contribution is -2.45. The van der Waals surface area contributed by atoms with E-state index in [1.807, 2.05) is 42.5 Å². The molecule has 3 heterocycles. The van der Waals surface area contributed by atoms with Crippen LogP contribution in [0.3, 0.4) is 0 Å². The fourth-order valence-corrected chi connectivity index (χ4v) is 4.98. The van der Waals surface area contributed by atoms with Crippen LogP contribution in [0, 0.1) is 0 Å². The molecule has 0 unspecified atom stereocenters. The number of benzene rings is 2. The summed E-state index contributed by atoms with van der Waals surface area (Å²) < 4.78 is 17.3. The molecule has 5 rings (SSSR count). The van der Waals surface area contributed by atoms with Crippen LogP contribution in [0.4, 0.5) is 23.0 Å². The first-order valence-corrected chi connectivity index (χ1v) is 13.6. The lowest BCUT2D eigenvalue weighted by atomic mass is 10.1. The number of nitrogens with two attached hydrogens (primary N) is 1. The molecule has 2 fully saturated rings. The van der Waals surface area contributed by atoms with E-state index in [2.05, 4.69) is 20.2 Å². The van der Waals surface area contributed by atoms with Gasteiger partial charge in [-0.15, -0.1) is 0 Å². The maximum absolute atomic E-state index is 12.0. The van der Waals surface area contributed by atoms with Gasteiger partial charge in [0.05, 0.1) is 37.4 Å². The van der Waals surface area contributed by atoms with Crippen LogP contribution >= 0.6 is 0 Å². The molecule has 2 saturated heterocycles. The van der Waals surface area contributed by atoms with Crippen molar-refractivity contribution >= 4 is 28.9 Å². The van der Waals surface area contributed by atoms with E-state index in [0.717, 1.165) is 41.5 Å². The zero-order valence-electron chi connectivity index (χ0n) is 22.9. The molecular formula is C29H36N6O5. The van der Waals surface area contributed by atoms with Crippen LogP contribution in [0.25, 0.3) is 11.3 Å².